The summed E-state index contributed by atoms with van der Waals surface area (Å²) in [5.41, 5.74) is 8.91. The molecule has 0 saturated carbocycles. The molecule has 48 heavy (non-hydrogen) atoms. The van der Waals surface area contributed by atoms with Crippen LogP contribution in [0.5, 0.6) is 0 Å². The van der Waals surface area contributed by atoms with E-state index in [1.165, 1.54) is 30.6 Å². The van der Waals surface area contributed by atoms with Crippen molar-refractivity contribution in [3.8, 4) is 11.4 Å². The summed E-state index contributed by atoms with van der Waals surface area (Å²) in [6.07, 6.45) is 4.02. The second-order valence-electron chi connectivity index (χ2n) is 13.9. The van der Waals surface area contributed by atoms with E-state index in [-0.39, 0.29) is 23.7 Å². The minimum atomic E-state index is -0.750. The van der Waals surface area contributed by atoms with Crippen LogP contribution in [0.1, 0.15) is 42.9 Å². The number of likely N-dealkylation sites (tertiary alicyclic amines) is 1. The van der Waals surface area contributed by atoms with E-state index in [4.69, 9.17) is 17.3 Å². The molecule has 0 spiro atoms. The summed E-state index contributed by atoms with van der Waals surface area (Å²) < 4.78 is 1.51. The quantitative estimate of drug-likeness (QED) is 0.328. The van der Waals surface area contributed by atoms with E-state index in [2.05, 4.69) is 25.2 Å². The molecule has 12 nitrogen and oxygen atoms in total. The number of aryl methyl sites for hydroxylation is 1. The Morgan fingerprint density at radius 3 is 2.33 bits per heavy atom. The lowest BCUT2D eigenvalue weighted by Crippen LogP contribution is -2.63. The maximum Gasteiger partial charge on any atom is 0.343 e. The van der Waals surface area contributed by atoms with Crippen molar-refractivity contribution in [3.05, 3.63) is 69.1 Å². The predicted molar refractivity (Wildman–Crippen MR) is 186 cm³/mol. The number of H-pyrrole nitrogens is 1. The van der Waals surface area contributed by atoms with Crippen LogP contribution in [0.3, 0.4) is 0 Å². The van der Waals surface area contributed by atoms with Crippen LogP contribution in [0.2, 0.25) is 5.02 Å². The van der Waals surface area contributed by atoms with E-state index in [1.807, 2.05) is 48.2 Å². The number of rotatable bonds is 7. The number of carbonyl (C=O) groups excluding carboxylic acids is 2. The molecule has 2 bridgehead atoms. The number of benzene rings is 2. The first-order chi connectivity index (χ1) is 23.2. The average molecular weight is 676 g/mol. The average Bonchev–Trinajstić information content (AvgIpc) is 3.52. The van der Waals surface area contributed by atoms with Gasteiger partial charge in [-0.05, 0) is 68.8 Å². The molecule has 5 aliphatic rings. The number of anilines is 1. The fraction of sp³-hybridized carbons (Fsp3) is 0.543. The second kappa shape index (κ2) is 13.9. The number of nitrogens with zero attached hydrogens (tertiary/aromatic N) is 6. The summed E-state index contributed by atoms with van der Waals surface area (Å²) in [5, 5.41) is 8.09. The van der Waals surface area contributed by atoms with Gasteiger partial charge in [-0.2, -0.15) is 0 Å². The van der Waals surface area contributed by atoms with E-state index < -0.39 is 6.04 Å². The molecule has 256 valence electrons. The zero-order valence-corrected chi connectivity index (χ0v) is 28.4. The first-order valence-corrected chi connectivity index (χ1v) is 17.7. The van der Waals surface area contributed by atoms with Gasteiger partial charge < -0.3 is 25.8 Å². The summed E-state index contributed by atoms with van der Waals surface area (Å²) in [7, 11) is 0. The number of piperazine rings is 1. The number of hydrogen-bond donors (Lipinski definition) is 3. The van der Waals surface area contributed by atoms with E-state index in [0.717, 1.165) is 42.2 Å². The van der Waals surface area contributed by atoms with Gasteiger partial charge in [0.25, 0.3) is 0 Å². The number of amides is 3. The molecule has 5 fully saturated rings. The van der Waals surface area contributed by atoms with E-state index in [1.54, 1.807) is 11.0 Å². The zero-order valence-electron chi connectivity index (χ0n) is 27.6. The molecule has 8 rings (SSSR count). The van der Waals surface area contributed by atoms with E-state index in [0.29, 0.717) is 68.0 Å². The number of nitrogens with one attached hydrogen (secondary N) is 2. The number of aromatic amines is 1. The number of piperidine rings is 4. The van der Waals surface area contributed by atoms with Gasteiger partial charge in [-0.3, -0.25) is 14.7 Å². The highest BCUT2D eigenvalue weighted by molar-refractivity contribution is 6.33. The topological polar surface area (TPSA) is 136 Å². The van der Waals surface area contributed by atoms with Crippen LogP contribution >= 0.6 is 11.6 Å². The van der Waals surface area contributed by atoms with Gasteiger partial charge in [-0.15, -0.1) is 5.10 Å². The van der Waals surface area contributed by atoms with Crippen molar-refractivity contribution in [2.45, 2.75) is 57.2 Å². The number of nitrogen functional groups attached to an aromatic ring is 1. The molecule has 6 heterocycles. The lowest BCUT2D eigenvalue weighted by Gasteiger charge is -2.51. The molecule has 13 heteroatoms. The Labute approximate surface area is 286 Å². The lowest BCUT2D eigenvalue weighted by molar-refractivity contribution is -0.136. The molecule has 0 aliphatic carbocycles. The monoisotopic (exact) mass is 675 g/mol. The molecule has 2 atom stereocenters. The number of halogens is 1. The van der Waals surface area contributed by atoms with Crippen LogP contribution in [0.15, 0.2) is 47.3 Å². The summed E-state index contributed by atoms with van der Waals surface area (Å²) >= 11 is 6.43. The third-order valence-electron chi connectivity index (χ3n) is 10.9. The van der Waals surface area contributed by atoms with Crippen molar-refractivity contribution in [2.24, 2.45) is 5.92 Å². The third-order valence-corrected chi connectivity index (χ3v) is 11.2. The zero-order chi connectivity index (χ0) is 33.4. The Kier molecular flexibility index (Phi) is 9.48. The number of aromatic nitrogens is 3. The molecule has 1 unspecified atom stereocenters. The standard InChI is InChI=1S/C35H46ClN9O3/c1-23-19-24(20-28(36)31(23)37)21-29(33(46)43-17-15-42(16-18-43)30-22-41-11-7-25(30)8-12-41)38-34(47)44-13-9-27(10-14-44)45-35(48)39-32(40-45)26-5-3-2-4-6-26/h2-6,19-20,25,27,29-30H,7-18,21-22,37H2,1H3,(H,38,47)(H,39,40,48)/t29-,30?/m1/s1. The molecule has 1 aromatic heterocycles. The molecule has 4 N–H and O–H groups in total. The highest BCUT2D eigenvalue weighted by Crippen LogP contribution is 2.32. The smallest absolute Gasteiger partial charge is 0.343 e. The SMILES string of the molecule is Cc1cc(C[C@@H](NC(=O)N2CCC(n3nc(-c4ccccc4)[nH]c3=O)CC2)C(=O)N2CCN(C3CN4CCC3CC4)CC2)cc(Cl)c1N. The Bertz CT molecular complexity index is 1650. The van der Waals surface area contributed by atoms with Crippen molar-refractivity contribution in [3.63, 3.8) is 0 Å². The first kappa shape index (κ1) is 32.7. The normalized spacial score (nSPS) is 24.1. The van der Waals surface area contributed by atoms with Crippen molar-refractivity contribution >= 4 is 29.2 Å². The van der Waals surface area contributed by atoms with Crippen LogP contribution in [0.25, 0.3) is 11.4 Å². The highest BCUT2D eigenvalue weighted by Gasteiger charge is 2.39. The summed E-state index contributed by atoms with van der Waals surface area (Å²) in [6.45, 7) is 9.33. The fourth-order valence-electron chi connectivity index (χ4n) is 8.09. The fourth-order valence-corrected chi connectivity index (χ4v) is 8.38. The van der Waals surface area contributed by atoms with E-state index >= 15 is 0 Å². The van der Waals surface area contributed by atoms with Gasteiger partial charge in [0.05, 0.1) is 16.8 Å². The van der Waals surface area contributed by atoms with Crippen molar-refractivity contribution in [1.29, 1.82) is 0 Å². The molecule has 3 aromatic rings. The molecular weight excluding hydrogens is 630 g/mol. The third kappa shape index (κ3) is 6.83. The first-order valence-electron chi connectivity index (χ1n) is 17.3. The minimum absolute atomic E-state index is 0.0751. The van der Waals surface area contributed by atoms with E-state index in [9.17, 15) is 14.4 Å². The Morgan fingerprint density at radius 1 is 0.979 bits per heavy atom. The summed E-state index contributed by atoms with van der Waals surface area (Å²) in [6, 6.07) is 12.7. The van der Waals surface area contributed by atoms with Crippen LogP contribution in [-0.2, 0) is 11.2 Å². The largest absolute Gasteiger partial charge is 0.397 e. The number of carbonyl (C=O) groups is 2. The van der Waals surface area contributed by atoms with Gasteiger partial charge in [0.15, 0.2) is 5.82 Å². The Morgan fingerprint density at radius 2 is 1.69 bits per heavy atom. The second-order valence-corrected chi connectivity index (χ2v) is 14.3. The van der Waals surface area contributed by atoms with Gasteiger partial charge in [-0.1, -0.05) is 48.0 Å². The molecular formula is C35H46ClN9O3. The lowest BCUT2D eigenvalue weighted by atomic mass is 9.83. The summed E-state index contributed by atoms with van der Waals surface area (Å²) in [4.78, 5) is 52.3. The highest BCUT2D eigenvalue weighted by atomic mass is 35.5. The van der Waals surface area contributed by atoms with Gasteiger partial charge in [0, 0.05) is 63.8 Å². The van der Waals surface area contributed by atoms with Crippen LogP contribution < -0.4 is 16.7 Å². The van der Waals surface area contributed by atoms with Gasteiger partial charge in [0.1, 0.15) is 6.04 Å². The van der Waals surface area contributed by atoms with Crippen molar-refractivity contribution in [2.75, 3.05) is 64.6 Å². The Balaban J connectivity index is 1.00. The van der Waals surface area contributed by atoms with Crippen LogP contribution in [0, 0.1) is 12.8 Å². The van der Waals surface area contributed by atoms with Gasteiger partial charge in [0.2, 0.25) is 5.91 Å². The van der Waals surface area contributed by atoms with Crippen molar-refractivity contribution < 1.29 is 9.59 Å². The minimum Gasteiger partial charge on any atom is -0.397 e. The molecule has 3 amide bonds. The number of nitrogens with two attached hydrogens (primary N) is 1. The Hall–Kier alpha value is -3.87. The predicted octanol–water partition coefficient (Wildman–Crippen LogP) is 2.98. The summed E-state index contributed by atoms with van der Waals surface area (Å²) in [5.74, 6) is 1.21. The number of urea groups is 1. The maximum atomic E-state index is 14.1. The maximum absolute atomic E-state index is 14.1. The number of hydrogen-bond acceptors (Lipinski definition) is 7. The van der Waals surface area contributed by atoms with Gasteiger partial charge in [-0.25, -0.2) is 14.3 Å². The number of fused-ring (bicyclic) bond motifs is 3. The molecule has 5 aliphatic heterocycles. The van der Waals surface area contributed by atoms with Gasteiger partial charge >= 0.3 is 11.7 Å². The molecule has 5 saturated heterocycles. The van der Waals surface area contributed by atoms with Crippen LogP contribution in [-0.4, -0.2) is 117 Å². The van der Waals surface area contributed by atoms with Crippen LogP contribution in [0.4, 0.5) is 10.5 Å². The molecule has 2 aromatic carbocycles. The van der Waals surface area contributed by atoms with Crippen molar-refractivity contribution in [1.82, 2.24) is 39.7 Å². The molecule has 0 radical (unpaired) electrons.